The quantitative estimate of drug-likeness (QED) is 0.797. The van der Waals surface area contributed by atoms with Crippen molar-refractivity contribution in [3.05, 3.63) is 70.8 Å². The Bertz CT molecular complexity index is 845. The molecule has 0 bridgehead atoms. The molecule has 1 atom stereocenters. The van der Waals surface area contributed by atoms with Gasteiger partial charge < -0.3 is 15.5 Å². The van der Waals surface area contributed by atoms with Crippen molar-refractivity contribution in [2.45, 2.75) is 45.1 Å². The van der Waals surface area contributed by atoms with Crippen LogP contribution in [0.4, 0.5) is 4.79 Å². The third-order valence-electron chi connectivity index (χ3n) is 5.64. The van der Waals surface area contributed by atoms with Gasteiger partial charge in [0.25, 0.3) is 5.91 Å². The number of rotatable bonds is 5. The van der Waals surface area contributed by atoms with Crippen LogP contribution >= 0.6 is 0 Å². The van der Waals surface area contributed by atoms with Gasteiger partial charge in [0.2, 0.25) is 0 Å². The Morgan fingerprint density at radius 3 is 2.59 bits per heavy atom. The summed E-state index contributed by atoms with van der Waals surface area (Å²) in [6, 6.07) is 16.1. The number of carbonyl (C=O) groups is 2. The lowest BCUT2D eigenvalue weighted by Crippen LogP contribution is -2.43. The fraction of sp³-hybridized carbons (Fsp3) is 0.417. The van der Waals surface area contributed by atoms with Gasteiger partial charge in [0.15, 0.2) is 0 Å². The smallest absolute Gasteiger partial charge is 0.317 e. The summed E-state index contributed by atoms with van der Waals surface area (Å²) in [6.07, 6.45) is 2.00. The number of likely N-dealkylation sites (tertiary alicyclic amines) is 1. The topological polar surface area (TPSA) is 61.4 Å². The summed E-state index contributed by atoms with van der Waals surface area (Å²) in [5.74, 6) is 0.691. The van der Waals surface area contributed by atoms with Crippen molar-refractivity contribution in [2.75, 3.05) is 20.1 Å². The van der Waals surface area contributed by atoms with Gasteiger partial charge in [-0.2, -0.15) is 0 Å². The maximum atomic E-state index is 12.7. The Hall–Kier alpha value is -2.82. The third kappa shape index (κ3) is 5.37. The summed E-state index contributed by atoms with van der Waals surface area (Å²) in [7, 11) is 1.66. The number of nitrogens with zero attached hydrogens (tertiary/aromatic N) is 1. The van der Waals surface area contributed by atoms with Gasteiger partial charge in [-0.3, -0.25) is 4.79 Å². The fourth-order valence-electron chi connectivity index (χ4n) is 3.83. The summed E-state index contributed by atoms with van der Waals surface area (Å²) < 4.78 is 0. The number of benzene rings is 2. The van der Waals surface area contributed by atoms with Crippen LogP contribution in [0.3, 0.4) is 0 Å². The van der Waals surface area contributed by atoms with Crippen molar-refractivity contribution >= 4 is 11.9 Å². The second-order valence-electron chi connectivity index (χ2n) is 8.04. The molecule has 5 nitrogen and oxygen atoms in total. The molecule has 3 amide bonds. The number of hydrogen-bond donors (Lipinski definition) is 2. The van der Waals surface area contributed by atoms with Crippen molar-refractivity contribution in [1.82, 2.24) is 15.5 Å². The van der Waals surface area contributed by atoms with Crippen LogP contribution in [0.5, 0.6) is 0 Å². The Kier molecular flexibility index (Phi) is 6.91. The normalized spacial score (nSPS) is 16.6. The molecule has 2 aromatic carbocycles. The van der Waals surface area contributed by atoms with Crippen LogP contribution in [0.2, 0.25) is 0 Å². The summed E-state index contributed by atoms with van der Waals surface area (Å²) in [5, 5.41) is 5.72. The summed E-state index contributed by atoms with van der Waals surface area (Å²) >= 11 is 0. The number of piperidine rings is 1. The van der Waals surface area contributed by atoms with E-state index in [4.69, 9.17) is 0 Å². The number of hydrogen-bond acceptors (Lipinski definition) is 2. The molecule has 154 valence electrons. The predicted molar refractivity (Wildman–Crippen MR) is 116 cm³/mol. The molecule has 0 aliphatic carbocycles. The fourth-order valence-corrected chi connectivity index (χ4v) is 3.83. The Balaban J connectivity index is 1.62. The van der Waals surface area contributed by atoms with Crippen LogP contribution in [0.15, 0.2) is 48.5 Å². The summed E-state index contributed by atoms with van der Waals surface area (Å²) in [4.78, 5) is 26.5. The highest BCUT2D eigenvalue weighted by Gasteiger charge is 2.24. The molecule has 3 rings (SSSR count). The highest BCUT2D eigenvalue weighted by molar-refractivity contribution is 5.94. The predicted octanol–water partition coefficient (Wildman–Crippen LogP) is 4.26. The first-order valence-electron chi connectivity index (χ1n) is 10.4. The van der Waals surface area contributed by atoms with Crippen molar-refractivity contribution in [2.24, 2.45) is 0 Å². The van der Waals surface area contributed by atoms with E-state index in [0.717, 1.165) is 30.5 Å². The highest BCUT2D eigenvalue weighted by Crippen LogP contribution is 2.27. The second kappa shape index (κ2) is 9.59. The number of amides is 3. The molecule has 29 heavy (non-hydrogen) atoms. The molecule has 1 saturated heterocycles. The van der Waals surface area contributed by atoms with E-state index in [1.54, 1.807) is 7.05 Å². The van der Waals surface area contributed by atoms with Gasteiger partial charge in [0, 0.05) is 38.2 Å². The van der Waals surface area contributed by atoms with E-state index in [1.165, 1.54) is 5.56 Å². The zero-order valence-corrected chi connectivity index (χ0v) is 17.6. The molecule has 0 saturated carbocycles. The molecular weight excluding hydrogens is 362 g/mol. The SMILES string of the molecule is CNC(=O)N1CCCC(c2cccc(C(=O)NCc3ccc(C(C)C)cc3)c2)C1. The van der Waals surface area contributed by atoms with Gasteiger partial charge in [0.05, 0.1) is 0 Å². The molecule has 1 fully saturated rings. The van der Waals surface area contributed by atoms with Crippen molar-refractivity contribution in [3.8, 4) is 0 Å². The second-order valence-corrected chi connectivity index (χ2v) is 8.04. The zero-order valence-electron chi connectivity index (χ0n) is 17.6. The summed E-state index contributed by atoms with van der Waals surface area (Å²) in [5.41, 5.74) is 4.17. The molecular formula is C24H31N3O2. The van der Waals surface area contributed by atoms with Crippen LogP contribution < -0.4 is 10.6 Å². The molecule has 0 radical (unpaired) electrons. The number of carbonyl (C=O) groups excluding carboxylic acids is 2. The third-order valence-corrected chi connectivity index (χ3v) is 5.64. The lowest BCUT2D eigenvalue weighted by Gasteiger charge is -2.32. The standard InChI is InChI=1S/C24H31N3O2/c1-17(2)19-11-9-18(10-12-19)15-26-23(28)21-7-4-6-20(14-21)22-8-5-13-27(16-22)24(29)25-3/h4,6-7,9-12,14,17,22H,5,8,13,15-16H2,1-3H3,(H,25,29)(H,26,28). The van der Waals surface area contributed by atoms with Gasteiger partial charge in [-0.25, -0.2) is 4.79 Å². The van der Waals surface area contributed by atoms with E-state index in [1.807, 2.05) is 23.1 Å². The maximum absolute atomic E-state index is 12.7. The van der Waals surface area contributed by atoms with Crippen LogP contribution in [0, 0.1) is 0 Å². The van der Waals surface area contributed by atoms with Gasteiger partial charge in [-0.05, 0) is 47.6 Å². The minimum atomic E-state index is -0.0706. The first kappa shape index (κ1) is 20.9. The van der Waals surface area contributed by atoms with Crippen molar-refractivity contribution in [3.63, 3.8) is 0 Å². The molecule has 1 aliphatic heterocycles. The van der Waals surface area contributed by atoms with Gasteiger partial charge >= 0.3 is 6.03 Å². The average Bonchev–Trinajstić information content (AvgIpc) is 2.77. The number of nitrogens with one attached hydrogen (secondary N) is 2. The lowest BCUT2D eigenvalue weighted by molar-refractivity contribution is 0.0950. The van der Waals surface area contributed by atoms with Crippen molar-refractivity contribution < 1.29 is 9.59 Å². The first-order chi connectivity index (χ1) is 14.0. The van der Waals surface area contributed by atoms with Gasteiger partial charge in [-0.1, -0.05) is 50.2 Å². The van der Waals surface area contributed by atoms with Crippen LogP contribution in [-0.2, 0) is 6.54 Å². The maximum Gasteiger partial charge on any atom is 0.317 e. The summed E-state index contributed by atoms with van der Waals surface area (Å²) in [6.45, 7) is 6.32. The largest absolute Gasteiger partial charge is 0.348 e. The molecule has 1 aliphatic rings. The van der Waals surface area contributed by atoms with Gasteiger partial charge in [0.1, 0.15) is 0 Å². The molecule has 5 heteroatoms. The van der Waals surface area contributed by atoms with E-state index in [9.17, 15) is 9.59 Å². The molecule has 0 aromatic heterocycles. The highest BCUT2D eigenvalue weighted by atomic mass is 16.2. The molecule has 2 N–H and O–H groups in total. The van der Waals surface area contributed by atoms with E-state index in [2.05, 4.69) is 54.8 Å². The Labute approximate surface area is 173 Å². The minimum Gasteiger partial charge on any atom is -0.348 e. The minimum absolute atomic E-state index is 0.0351. The molecule has 1 unspecified atom stereocenters. The van der Waals surface area contributed by atoms with E-state index in [0.29, 0.717) is 24.6 Å². The van der Waals surface area contributed by atoms with Crippen molar-refractivity contribution in [1.29, 1.82) is 0 Å². The first-order valence-corrected chi connectivity index (χ1v) is 10.4. The average molecular weight is 394 g/mol. The number of urea groups is 1. The zero-order chi connectivity index (χ0) is 20.8. The van der Waals surface area contributed by atoms with Crippen LogP contribution in [0.25, 0.3) is 0 Å². The van der Waals surface area contributed by atoms with E-state index >= 15 is 0 Å². The van der Waals surface area contributed by atoms with Gasteiger partial charge in [-0.15, -0.1) is 0 Å². The molecule has 0 spiro atoms. The molecule has 1 heterocycles. The monoisotopic (exact) mass is 393 g/mol. The lowest BCUT2D eigenvalue weighted by atomic mass is 9.89. The molecule has 2 aromatic rings. The van der Waals surface area contributed by atoms with Crippen LogP contribution in [0.1, 0.15) is 65.6 Å². The van der Waals surface area contributed by atoms with E-state index in [-0.39, 0.29) is 17.9 Å². The van der Waals surface area contributed by atoms with Crippen LogP contribution in [-0.4, -0.2) is 37.0 Å². The Morgan fingerprint density at radius 2 is 1.90 bits per heavy atom. The van der Waals surface area contributed by atoms with E-state index < -0.39 is 0 Å². The Morgan fingerprint density at radius 1 is 1.14 bits per heavy atom.